The average molecular weight is 440 g/mol. The lowest BCUT2D eigenvalue weighted by Gasteiger charge is -2.10. The van der Waals surface area contributed by atoms with Gasteiger partial charge in [-0.15, -0.1) is 0 Å². The van der Waals surface area contributed by atoms with Gasteiger partial charge in [0, 0.05) is 21.6 Å². The summed E-state index contributed by atoms with van der Waals surface area (Å²) in [5.74, 6) is -1.06. The van der Waals surface area contributed by atoms with Gasteiger partial charge in [0.2, 0.25) is 0 Å². The van der Waals surface area contributed by atoms with Crippen LogP contribution < -0.4 is 4.72 Å². The highest BCUT2D eigenvalue weighted by Crippen LogP contribution is 2.31. The highest BCUT2D eigenvalue weighted by molar-refractivity contribution is 7.99. The van der Waals surface area contributed by atoms with Gasteiger partial charge in [0.25, 0.3) is 10.0 Å². The van der Waals surface area contributed by atoms with Gasteiger partial charge in [-0.05, 0) is 73.5 Å². The first-order valence-corrected chi connectivity index (χ1v) is 11.4. The van der Waals surface area contributed by atoms with Crippen molar-refractivity contribution in [2.24, 2.45) is 0 Å². The second kappa shape index (κ2) is 9.19. The fourth-order valence-corrected chi connectivity index (χ4v) is 4.71. The molecule has 3 aromatic carbocycles. The number of hydrogen-bond acceptors (Lipinski definition) is 4. The highest BCUT2D eigenvalue weighted by atomic mass is 32.2. The predicted octanol–water partition coefficient (Wildman–Crippen LogP) is 5.35. The fraction of sp³-hybridized carbons (Fsp3) is 0.0870. The van der Waals surface area contributed by atoms with Crippen molar-refractivity contribution in [2.75, 3.05) is 4.72 Å². The molecule has 0 radical (unpaired) electrons. The second-order valence-electron chi connectivity index (χ2n) is 6.74. The van der Waals surface area contributed by atoms with Crippen molar-refractivity contribution >= 4 is 39.5 Å². The summed E-state index contributed by atoms with van der Waals surface area (Å²) in [6, 6.07) is 19.5. The van der Waals surface area contributed by atoms with E-state index in [0.29, 0.717) is 11.3 Å². The lowest BCUT2D eigenvalue weighted by molar-refractivity contribution is -0.131. The molecule has 0 atom stereocenters. The number of nitrogens with one attached hydrogen (secondary N) is 1. The Morgan fingerprint density at radius 2 is 1.63 bits per heavy atom. The zero-order valence-electron chi connectivity index (χ0n) is 16.5. The van der Waals surface area contributed by atoms with Crippen LogP contribution in [0.4, 0.5) is 5.69 Å². The minimum absolute atomic E-state index is 0.101. The molecule has 3 aromatic rings. The molecule has 0 heterocycles. The van der Waals surface area contributed by atoms with E-state index in [1.807, 2.05) is 12.1 Å². The molecule has 0 aromatic heterocycles. The summed E-state index contributed by atoms with van der Waals surface area (Å²) >= 11 is 1.63. The molecule has 0 saturated heterocycles. The first-order valence-electron chi connectivity index (χ1n) is 9.12. The number of aryl methyl sites for hydroxylation is 2. The van der Waals surface area contributed by atoms with Crippen LogP contribution in [0.5, 0.6) is 0 Å². The molecule has 0 amide bonds. The molecule has 0 saturated carbocycles. The number of carbonyl (C=O) groups is 1. The van der Waals surface area contributed by atoms with E-state index in [1.54, 1.807) is 36.0 Å². The van der Waals surface area contributed by atoms with Gasteiger partial charge in [-0.25, -0.2) is 13.2 Å². The minimum atomic E-state index is -3.74. The maximum Gasteiger partial charge on any atom is 0.328 e. The van der Waals surface area contributed by atoms with Crippen LogP contribution in [0.15, 0.2) is 87.5 Å². The third kappa shape index (κ3) is 5.75. The third-order valence-corrected chi connectivity index (χ3v) is 6.86. The summed E-state index contributed by atoms with van der Waals surface area (Å²) in [5, 5.41) is 8.66. The Kier molecular flexibility index (Phi) is 6.64. The van der Waals surface area contributed by atoms with Gasteiger partial charge in [-0.3, -0.25) is 4.72 Å². The SMILES string of the molecule is Cc1ccc(Sc2ccc(NS(=O)(=O)c3ccc(/C=C/C(=O)O)cc3)cc2)c(C)c1. The van der Waals surface area contributed by atoms with Gasteiger partial charge in [0.15, 0.2) is 0 Å². The van der Waals surface area contributed by atoms with Crippen LogP contribution in [0, 0.1) is 13.8 Å². The number of aliphatic carboxylic acids is 1. The zero-order valence-corrected chi connectivity index (χ0v) is 18.1. The molecule has 0 aliphatic carbocycles. The molecular weight excluding hydrogens is 418 g/mol. The number of hydrogen-bond donors (Lipinski definition) is 2. The van der Waals surface area contributed by atoms with Crippen molar-refractivity contribution in [1.29, 1.82) is 0 Å². The monoisotopic (exact) mass is 439 g/mol. The van der Waals surface area contributed by atoms with E-state index < -0.39 is 16.0 Å². The summed E-state index contributed by atoms with van der Waals surface area (Å²) in [6.07, 6.45) is 2.40. The van der Waals surface area contributed by atoms with Gasteiger partial charge in [-0.1, -0.05) is 41.6 Å². The van der Waals surface area contributed by atoms with Crippen molar-refractivity contribution in [2.45, 2.75) is 28.5 Å². The molecule has 7 heteroatoms. The van der Waals surface area contributed by atoms with Gasteiger partial charge in [0.1, 0.15) is 0 Å². The molecule has 0 aliphatic heterocycles. The highest BCUT2D eigenvalue weighted by Gasteiger charge is 2.14. The maximum absolute atomic E-state index is 12.6. The average Bonchev–Trinajstić information content (AvgIpc) is 2.70. The van der Waals surface area contributed by atoms with Crippen LogP contribution >= 0.6 is 11.8 Å². The van der Waals surface area contributed by atoms with Gasteiger partial charge >= 0.3 is 5.97 Å². The summed E-state index contributed by atoms with van der Waals surface area (Å²) in [7, 11) is -3.74. The van der Waals surface area contributed by atoms with Gasteiger partial charge in [-0.2, -0.15) is 0 Å². The number of carboxylic acid groups (broad SMARTS) is 1. The Morgan fingerprint density at radius 1 is 0.967 bits per heavy atom. The molecule has 3 rings (SSSR count). The Hall–Kier alpha value is -3.03. The van der Waals surface area contributed by atoms with Crippen LogP contribution in [0.25, 0.3) is 6.08 Å². The van der Waals surface area contributed by atoms with E-state index in [9.17, 15) is 13.2 Å². The minimum Gasteiger partial charge on any atom is -0.478 e. The van der Waals surface area contributed by atoms with Crippen LogP contribution in [-0.2, 0) is 14.8 Å². The van der Waals surface area contributed by atoms with E-state index in [4.69, 9.17) is 5.11 Å². The molecule has 0 fully saturated rings. The molecule has 0 aliphatic rings. The summed E-state index contributed by atoms with van der Waals surface area (Å²) < 4.78 is 27.8. The van der Waals surface area contributed by atoms with Gasteiger partial charge < -0.3 is 5.11 Å². The number of carboxylic acids is 1. The normalized spacial score (nSPS) is 11.5. The predicted molar refractivity (Wildman–Crippen MR) is 120 cm³/mol. The van der Waals surface area contributed by atoms with Crippen LogP contribution in [-0.4, -0.2) is 19.5 Å². The van der Waals surface area contributed by atoms with Crippen molar-refractivity contribution in [3.63, 3.8) is 0 Å². The lowest BCUT2D eigenvalue weighted by atomic mass is 10.2. The van der Waals surface area contributed by atoms with E-state index in [1.165, 1.54) is 29.3 Å². The maximum atomic E-state index is 12.6. The summed E-state index contributed by atoms with van der Waals surface area (Å²) in [4.78, 5) is 12.8. The van der Waals surface area contributed by atoms with Crippen molar-refractivity contribution in [3.8, 4) is 0 Å². The second-order valence-corrected chi connectivity index (χ2v) is 9.54. The Bertz CT molecular complexity index is 1180. The molecule has 5 nitrogen and oxygen atoms in total. The van der Waals surface area contributed by atoms with E-state index in [0.717, 1.165) is 15.9 Å². The topological polar surface area (TPSA) is 83.5 Å². The zero-order chi connectivity index (χ0) is 21.7. The number of sulfonamides is 1. The van der Waals surface area contributed by atoms with Crippen LogP contribution in [0.3, 0.4) is 0 Å². The molecule has 154 valence electrons. The van der Waals surface area contributed by atoms with E-state index in [-0.39, 0.29) is 4.90 Å². The van der Waals surface area contributed by atoms with Gasteiger partial charge in [0.05, 0.1) is 4.90 Å². The molecular formula is C23H21NO4S2. The Labute approximate surface area is 180 Å². The summed E-state index contributed by atoms with van der Waals surface area (Å²) in [6.45, 7) is 4.13. The standard InChI is InChI=1S/C23H21NO4S2/c1-16-3-13-22(17(2)15-16)29-20-9-7-19(8-10-20)24-30(27,28)21-11-4-18(5-12-21)6-14-23(25)26/h3-15,24H,1-2H3,(H,25,26)/b14-6+. The number of rotatable bonds is 7. The van der Waals surface area contributed by atoms with Crippen molar-refractivity contribution < 1.29 is 18.3 Å². The molecule has 30 heavy (non-hydrogen) atoms. The number of benzene rings is 3. The Balaban J connectivity index is 1.70. The Morgan fingerprint density at radius 3 is 2.23 bits per heavy atom. The first-order chi connectivity index (χ1) is 14.2. The van der Waals surface area contributed by atoms with Crippen LogP contribution in [0.2, 0.25) is 0 Å². The van der Waals surface area contributed by atoms with E-state index in [2.05, 4.69) is 36.8 Å². The fourth-order valence-electron chi connectivity index (χ4n) is 2.77. The third-order valence-electron chi connectivity index (χ3n) is 4.27. The number of anilines is 1. The van der Waals surface area contributed by atoms with Crippen LogP contribution in [0.1, 0.15) is 16.7 Å². The molecule has 2 N–H and O–H groups in total. The molecule has 0 unspecified atom stereocenters. The van der Waals surface area contributed by atoms with Crippen molar-refractivity contribution in [1.82, 2.24) is 0 Å². The quantitative estimate of drug-likeness (QED) is 0.485. The van der Waals surface area contributed by atoms with E-state index >= 15 is 0 Å². The lowest BCUT2D eigenvalue weighted by Crippen LogP contribution is -2.12. The summed E-state index contributed by atoms with van der Waals surface area (Å²) in [5.41, 5.74) is 3.48. The largest absolute Gasteiger partial charge is 0.478 e. The molecule has 0 bridgehead atoms. The smallest absolute Gasteiger partial charge is 0.328 e. The molecule has 0 spiro atoms. The van der Waals surface area contributed by atoms with Crippen molar-refractivity contribution in [3.05, 3.63) is 89.5 Å². The first kappa shape index (κ1) is 21.7.